The van der Waals surface area contributed by atoms with Gasteiger partial charge in [0.1, 0.15) is 5.82 Å². The molecular formula is C17H21FN2O3. The Hall–Kier alpha value is -2.37. The van der Waals surface area contributed by atoms with E-state index >= 15 is 0 Å². The van der Waals surface area contributed by atoms with Crippen molar-refractivity contribution >= 4 is 17.6 Å². The molecule has 0 unspecified atom stereocenters. The van der Waals surface area contributed by atoms with E-state index in [4.69, 9.17) is 0 Å². The number of carbonyl (C=O) groups excluding carboxylic acids is 2. The Morgan fingerprint density at radius 1 is 1.35 bits per heavy atom. The normalized spacial score (nSPS) is 14.3. The number of nitrogens with one attached hydrogen (secondary N) is 1. The van der Waals surface area contributed by atoms with Crippen LogP contribution in [-0.2, 0) is 9.53 Å². The Bertz CT molecular complexity index is 596. The average Bonchev–Trinajstić information content (AvgIpc) is 3.08. The summed E-state index contributed by atoms with van der Waals surface area (Å²) in [5.41, 5.74) is 0.849. The van der Waals surface area contributed by atoms with Gasteiger partial charge in [0.25, 0.3) is 5.91 Å². The van der Waals surface area contributed by atoms with Gasteiger partial charge in [0.2, 0.25) is 0 Å². The van der Waals surface area contributed by atoms with E-state index in [0.717, 1.165) is 25.9 Å². The van der Waals surface area contributed by atoms with Crippen LogP contribution in [0, 0.1) is 5.82 Å². The second-order valence-corrected chi connectivity index (χ2v) is 5.33. The molecule has 1 amide bonds. The predicted octanol–water partition coefficient (Wildman–Crippen LogP) is 2.28. The first-order valence-electron chi connectivity index (χ1n) is 7.69. The van der Waals surface area contributed by atoms with Crippen LogP contribution in [0.5, 0.6) is 0 Å². The van der Waals surface area contributed by atoms with Crippen LogP contribution in [0.25, 0.3) is 0 Å². The number of anilines is 1. The monoisotopic (exact) mass is 320 g/mol. The molecular weight excluding hydrogens is 299 g/mol. The van der Waals surface area contributed by atoms with E-state index in [2.05, 4.69) is 10.1 Å². The number of methoxy groups -OCH3 is 1. The van der Waals surface area contributed by atoms with Crippen LogP contribution >= 0.6 is 0 Å². The van der Waals surface area contributed by atoms with Crippen molar-refractivity contribution < 1.29 is 18.7 Å². The maximum atomic E-state index is 14.1. The lowest BCUT2D eigenvalue weighted by Crippen LogP contribution is -2.25. The molecule has 124 valence electrons. The van der Waals surface area contributed by atoms with Gasteiger partial charge in [-0.2, -0.15) is 0 Å². The molecule has 6 heteroatoms. The fourth-order valence-corrected chi connectivity index (χ4v) is 2.48. The Morgan fingerprint density at radius 3 is 2.74 bits per heavy atom. The zero-order valence-electron chi connectivity index (χ0n) is 13.2. The van der Waals surface area contributed by atoms with Crippen LogP contribution in [0.1, 0.15) is 29.6 Å². The Labute approximate surface area is 135 Å². The number of halogens is 1. The van der Waals surface area contributed by atoms with Crippen molar-refractivity contribution in [3.05, 3.63) is 41.7 Å². The first-order valence-corrected chi connectivity index (χ1v) is 7.69. The summed E-state index contributed by atoms with van der Waals surface area (Å²) in [5, 5.41) is 2.68. The third kappa shape index (κ3) is 4.81. The molecule has 1 saturated heterocycles. The summed E-state index contributed by atoms with van der Waals surface area (Å²) < 4.78 is 18.6. The summed E-state index contributed by atoms with van der Waals surface area (Å²) in [7, 11) is 1.30. The zero-order valence-corrected chi connectivity index (χ0v) is 13.2. The molecule has 0 saturated carbocycles. The number of hydrogen-bond donors (Lipinski definition) is 1. The first-order chi connectivity index (χ1) is 11.1. The number of hydrogen-bond acceptors (Lipinski definition) is 4. The van der Waals surface area contributed by atoms with Crippen molar-refractivity contribution in [3.63, 3.8) is 0 Å². The number of carbonyl (C=O) groups is 2. The van der Waals surface area contributed by atoms with Crippen LogP contribution in [0.4, 0.5) is 10.1 Å². The molecule has 1 heterocycles. The fraction of sp³-hybridized carbons (Fsp3) is 0.412. The lowest BCUT2D eigenvalue weighted by atomic mass is 10.1. The molecule has 0 radical (unpaired) electrons. The Morgan fingerprint density at radius 2 is 2.09 bits per heavy atom. The Kier molecular flexibility index (Phi) is 6.14. The Balaban J connectivity index is 1.86. The van der Waals surface area contributed by atoms with Crippen molar-refractivity contribution in [2.45, 2.75) is 19.3 Å². The van der Waals surface area contributed by atoms with E-state index in [0.29, 0.717) is 24.2 Å². The summed E-state index contributed by atoms with van der Waals surface area (Å²) in [4.78, 5) is 24.8. The highest BCUT2D eigenvalue weighted by Crippen LogP contribution is 2.24. The summed E-state index contributed by atoms with van der Waals surface area (Å²) >= 11 is 0. The SMILES string of the molecule is COC(=O)/C=C/CCNC(=O)c1ccc(N2CCCC2)c(F)c1. The lowest BCUT2D eigenvalue weighted by molar-refractivity contribution is -0.134. The van der Waals surface area contributed by atoms with Crippen molar-refractivity contribution in [2.24, 2.45) is 0 Å². The quantitative estimate of drug-likeness (QED) is 0.496. The van der Waals surface area contributed by atoms with E-state index < -0.39 is 5.97 Å². The minimum atomic E-state index is -0.434. The minimum Gasteiger partial charge on any atom is -0.466 e. The number of rotatable bonds is 6. The maximum Gasteiger partial charge on any atom is 0.330 e. The maximum absolute atomic E-state index is 14.1. The third-order valence-corrected chi connectivity index (χ3v) is 3.71. The minimum absolute atomic E-state index is 0.294. The smallest absolute Gasteiger partial charge is 0.330 e. The van der Waals surface area contributed by atoms with Gasteiger partial charge in [0.15, 0.2) is 0 Å². The van der Waals surface area contributed by atoms with E-state index in [1.807, 2.05) is 4.90 Å². The summed E-state index contributed by atoms with van der Waals surface area (Å²) in [5.74, 6) is -1.13. The van der Waals surface area contributed by atoms with Gasteiger partial charge in [0, 0.05) is 31.3 Å². The summed E-state index contributed by atoms with van der Waals surface area (Å²) in [6, 6.07) is 4.57. The highest BCUT2D eigenvalue weighted by molar-refractivity contribution is 5.94. The van der Waals surface area contributed by atoms with Gasteiger partial charge in [-0.05, 0) is 37.5 Å². The van der Waals surface area contributed by atoms with Gasteiger partial charge in [-0.1, -0.05) is 6.08 Å². The molecule has 1 aromatic rings. The number of nitrogens with zero attached hydrogens (tertiary/aromatic N) is 1. The molecule has 0 aromatic heterocycles. The number of benzene rings is 1. The van der Waals surface area contributed by atoms with Crippen molar-refractivity contribution in [3.8, 4) is 0 Å². The molecule has 1 aromatic carbocycles. The van der Waals surface area contributed by atoms with Crippen molar-refractivity contribution in [1.82, 2.24) is 5.32 Å². The number of amides is 1. The summed E-state index contributed by atoms with van der Waals surface area (Å²) in [6.45, 7) is 2.08. The van der Waals surface area contributed by atoms with Gasteiger partial charge in [-0.3, -0.25) is 4.79 Å². The van der Waals surface area contributed by atoms with Crippen LogP contribution in [0.3, 0.4) is 0 Å². The molecule has 2 rings (SSSR count). The van der Waals surface area contributed by atoms with Gasteiger partial charge in [-0.15, -0.1) is 0 Å². The molecule has 1 N–H and O–H groups in total. The molecule has 0 bridgehead atoms. The first kappa shape index (κ1) is 17.0. The lowest BCUT2D eigenvalue weighted by Gasteiger charge is -2.18. The largest absolute Gasteiger partial charge is 0.466 e. The van der Waals surface area contributed by atoms with E-state index in [1.54, 1.807) is 18.2 Å². The van der Waals surface area contributed by atoms with Gasteiger partial charge < -0.3 is 15.0 Å². The zero-order chi connectivity index (χ0) is 16.7. The highest BCUT2D eigenvalue weighted by atomic mass is 19.1. The number of esters is 1. The summed E-state index contributed by atoms with van der Waals surface area (Å²) in [6.07, 6.45) is 5.55. The second kappa shape index (κ2) is 8.31. The molecule has 0 spiro atoms. The average molecular weight is 320 g/mol. The van der Waals surface area contributed by atoms with Crippen molar-refractivity contribution in [2.75, 3.05) is 31.6 Å². The van der Waals surface area contributed by atoms with Crippen LogP contribution < -0.4 is 10.2 Å². The van der Waals surface area contributed by atoms with Crippen molar-refractivity contribution in [1.29, 1.82) is 0 Å². The van der Waals surface area contributed by atoms with Crippen LogP contribution in [0.15, 0.2) is 30.4 Å². The van der Waals surface area contributed by atoms with Gasteiger partial charge in [-0.25, -0.2) is 9.18 Å². The molecule has 23 heavy (non-hydrogen) atoms. The molecule has 1 aliphatic rings. The second-order valence-electron chi connectivity index (χ2n) is 5.33. The van der Waals surface area contributed by atoms with Gasteiger partial charge >= 0.3 is 5.97 Å². The van der Waals surface area contributed by atoms with E-state index in [1.165, 1.54) is 19.3 Å². The van der Waals surface area contributed by atoms with Gasteiger partial charge in [0.05, 0.1) is 12.8 Å². The molecule has 1 aliphatic heterocycles. The molecule has 0 aliphatic carbocycles. The molecule has 0 atom stereocenters. The topological polar surface area (TPSA) is 58.6 Å². The molecule has 1 fully saturated rings. The fourth-order valence-electron chi connectivity index (χ4n) is 2.48. The van der Waals surface area contributed by atoms with E-state index in [-0.39, 0.29) is 11.7 Å². The molecule has 5 nitrogen and oxygen atoms in total. The van der Waals surface area contributed by atoms with Crippen LogP contribution in [0.2, 0.25) is 0 Å². The third-order valence-electron chi connectivity index (χ3n) is 3.71. The van der Waals surface area contributed by atoms with Crippen LogP contribution in [-0.4, -0.2) is 38.6 Å². The number of ether oxygens (including phenoxy) is 1. The van der Waals surface area contributed by atoms with E-state index in [9.17, 15) is 14.0 Å². The standard InChI is InChI=1S/C17H21FN2O3/c1-23-16(21)6-2-3-9-19-17(22)13-7-8-15(14(18)12-13)20-10-4-5-11-20/h2,6-8,12H,3-5,9-11H2,1H3,(H,19,22)/b6-2+. The predicted molar refractivity (Wildman–Crippen MR) is 86.0 cm³/mol. The highest BCUT2D eigenvalue weighted by Gasteiger charge is 2.17.